The van der Waals surface area contributed by atoms with Crippen molar-refractivity contribution < 1.29 is 19.0 Å². The molecule has 0 bridgehead atoms. The molecule has 0 spiro atoms. The molecule has 7 heteroatoms. The van der Waals surface area contributed by atoms with Crippen molar-refractivity contribution in [3.05, 3.63) is 83.8 Å². The Morgan fingerprint density at radius 2 is 1.84 bits per heavy atom. The van der Waals surface area contributed by atoms with Gasteiger partial charge in [0, 0.05) is 6.54 Å². The molecule has 0 amide bonds. The Bertz CT molecular complexity index is 986. The zero-order valence-electron chi connectivity index (χ0n) is 18.8. The van der Waals surface area contributed by atoms with Crippen LogP contribution in [0.25, 0.3) is 0 Å². The number of aliphatic imine (C=N–C) groups is 1. The van der Waals surface area contributed by atoms with Gasteiger partial charge in [0.1, 0.15) is 18.0 Å². The Kier molecular flexibility index (Phi) is 8.16. The summed E-state index contributed by atoms with van der Waals surface area (Å²) in [6.07, 6.45) is 1.55. The van der Waals surface area contributed by atoms with Crippen molar-refractivity contribution in [3.63, 3.8) is 0 Å². The third kappa shape index (κ3) is 6.52. The number of nitrogens with zero attached hydrogens (tertiary/aromatic N) is 1. The quantitative estimate of drug-likeness (QED) is 0.330. The molecule has 1 heterocycles. The fourth-order valence-electron chi connectivity index (χ4n) is 3.10. The molecule has 0 saturated carbocycles. The maximum absolute atomic E-state index is 10.6. The van der Waals surface area contributed by atoms with Gasteiger partial charge in [0.2, 0.25) is 0 Å². The number of guanidine groups is 1. The van der Waals surface area contributed by atoms with Crippen molar-refractivity contribution in [2.45, 2.75) is 32.6 Å². The van der Waals surface area contributed by atoms with E-state index in [1.807, 2.05) is 55.5 Å². The van der Waals surface area contributed by atoms with E-state index >= 15 is 0 Å². The standard InChI is InChI=1S/C25H31N3O4/c1-4-26-24(28-18-25(2,29)23-11-8-14-31-23)27-16-20-12-13-21(22(15-20)30-3)32-17-19-9-6-5-7-10-19/h5-15,29H,4,16-18H2,1-3H3,(H2,26,27,28). The van der Waals surface area contributed by atoms with Gasteiger partial charge in [-0.1, -0.05) is 36.4 Å². The molecule has 1 aromatic heterocycles. The third-order valence-corrected chi connectivity index (χ3v) is 4.88. The van der Waals surface area contributed by atoms with E-state index in [1.165, 1.54) is 0 Å². The Labute approximate surface area is 189 Å². The predicted molar refractivity (Wildman–Crippen MR) is 125 cm³/mol. The van der Waals surface area contributed by atoms with Gasteiger partial charge in [0.05, 0.1) is 26.5 Å². The fraction of sp³-hybridized carbons (Fsp3) is 0.320. The van der Waals surface area contributed by atoms with Gasteiger partial charge in [-0.3, -0.25) is 0 Å². The normalized spacial score (nSPS) is 13.3. The molecule has 0 radical (unpaired) electrons. The number of hydrogen-bond donors (Lipinski definition) is 3. The van der Waals surface area contributed by atoms with Crippen LogP contribution in [0.15, 0.2) is 76.3 Å². The van der Waals surface area contributed by atoms with E-state index in [4.69, 9.17) is 13.9 Å². The number of benzene rings is 2. The van der Waals surface area contributed by atoms with Crippen molar-refractivity contribution in [2.24, 2.45) is 4.99 Å². The highest BCUT2D eigenvalue weighted by atomic mass is 16.5. The van der Waals surface area contributed by atoms with Gasteiger partial charge >= 0.3 is 0 Å². The van der Waals surface area contributed by atoms with Crippen molar-refractivity contribution in [3.8, 4) is 11.5 Å². The number of methoxy groups -OCH3 is 1. The summed E-state index contributed by atoms with van der Waals surface area (Å²) in [5.41, 5.74) is 0.916. The highest BCUT2D eigenvalue weighted by molar-refractivity contribution is 5.79. The van der Waals surface area contributed by atoms with E-state index < -0.39 is 5.60 Å². The molecule has 0 fully saturated rings. The lowest BCUT2D eigenvalue weighted by atomic mass is 10.0. The molecule has 1 unspecified atom stereocenters. The average molecular weight is 438 g/mol. The summed E-state index contributed by atoms with van der Waals surface area (Å²) >= 11 is 0. The summed E-state index contributed by atoms with van der Waals surface area (Å²) in [7, 11) is 1.63. The summed E-state index contributed by atoms with van der Waals surface area (Å²) in [4.78, 5) is 4.62. The van der Waals surface area contributed by atoms with Gasteiger partial charge in [0.25, 0.3) is 0 Å². The van der Waals surface area contributed by atoms with Crippen LogP contribution in [0, 0.1) is 0 Å². The number of rotatable bonds is 10. The number of nitrogens with one attached hydrogen (secondary N) is 2. The predicted octanol–water partition coefficient (Wildman–Crippen LogP) is 3.83. The maximum atomic E-state index is 10.6. The highest BCUT2D eigenvalue weighted by Crippen LogP contribution is 2.29. The van der Waals surface area contributed by atoms with E-state index in [0.29, 0.717) is 42.9 Å². The molecule has 3 aromatic rings. The number of ether oxygens (including phenoxy) is 2. The zero-order chi connectivity index (χ0) is 22.8. The molecular weight excluding hydrogens is 406 g/mol. The SMILES string of the molecule is CCNC(=NCc1ccc(OCc2ccccc2)c(OC)c1)NCC(C)(O)c1ccco1. The summed E-state index contributed by atoms with van der Waals surface area (Å²) in [6.45, 7) is 5.55. The second kappa shape index (κ2) is 11.2. The van der Waals surface area contributed by atoms with E-state index in [1.54, 1.807) is 32.4 Å². The van der Waals surface area contributed by atoms with Gasteiger partial charge in [0.15, 0.2) is 17.5 Å². The Balaban J connectivity index is 1.63. The van der Waals surface area contributed by atoms with Crippen molar-refractivity contribution >= 4 is 5.96 Å². The molecular formula is C25H31N3O4. The van der Waals surface area contributed by atoms with Gasteiger partial charge in [-0.05, 0) is 49.2 Å². The summed E-state index contributed by atoms with van der Waals surface area (Å²) in [5.74, 6) is 2.44. The zero-order valence-corrected chi connectivity index (χ0v) is 18.8. The van der Waals surface area contributed by atoms with Gasteiger partial charge in [-0.2, -0.15) is 0 Å². The molecule has 32 heavy (non-hydrogen) atoms. The minimum Gasteiger partial charge on any atom is -0.493 e. The van der Waals surface area contributed by atoms with Crippen LogP contribution >= 0.6 is 0 Å². The molecule has 0 aliphatic heterocycles. The summed E-state index contributed by atoms with van der Waals surface area (Å²) in [6, 6.07) is 19.3. The Morgan fingerprint density at radius 3 is 2.53 bits per heavy atom. The first-order chi connectivity index (χ1) is 15.5. The second-order valence-electron chi connectivity index (χ2n) is 7.56. The average Bonchev–Trinajstić information content (AvgIpc) is 3.36. The molecule has 1 atom stereocenters. The minimum absolute atomic E-state index is 0.252. The lowest BCUT2D eigenvalue weighted by Crippen LogP contribution is -2.44. The summed E-state index contributed by atoms with van der Waals surface area (Å²) in [5, 5.41) is 17.0. The van der Waals surface area contributed by atoms with Crippen LogP contribution in [0.4, 0.5) is 0 Å². The third-order valence-electron chi connectivity index (χ3n) is 4.88. The van der Waals surface area contributed by atoms with Crippen molar-refractivity contribution in [2.75, 3.05) is 20.2 Å². The minimum atomic E-state index is -1.15. The highest BCUT2D eigenvalue weighted by Gasteiger charge is 2.26. The smallest absolute Gasteiger partial charge is 0.191 e. The van der Waals surface area contributed by atoms with Crippen molar-refractivity contribution in [1.82, 2.24) is 10.6 Å². The van der Waals surface area contributed by atoms with Crippen LogP contribution in [0.5, 0.6) is 11.5 Å². The van der Waals surface area contributed by atoms with Crippen LogP contribution < -0.4 is 20.1 Å². The van der Waals surface area contributed by atoms with Gasteiger partial charge in [-0.15, -0.1) is 0 Å². The molecule has 2 aromatic carbocycles. The van der Waals surface area contributed by atoms with Crippen LogP contribution in [0.1, 0.15) is 30.7 Å². The first-order valence-electron chi connectivity index (χ1n) is 10.6. The topological polar surface area (TPSA) is 88.3 Å². The molecule has 3 rings (SSSR count). The lowest BCUT2D eigenvalue weighted by molar-refractivity contribution is 0.0386. The second-order valence-corrected chi connectivity index (χ2v) is 7.56. The van der Waals surface area contributed by atoms with Crippen LogP contribution in [0.3, 0.4) is 0 Å². The molecule has 3 N–H and O–H groups in total. The monoisotopic (exact) mass is 437 g/mol. The number of hydrogen-bond acceptors (Lipinski definition) is 5. The van der Waals surface area contributed by atoms with Crippen LogP contribution in [-0.4, -0.2) is 31.3 Å². The van der Waals surface area contributed by atoms with E-state index in [9.17, 15) is 5.11 Å². The maximum Gasteiger partial charge on any atom is 0.191 e. The molecule has 0 aliphatic rings. The first kappa shape index (κ1) is 23.2. The first-order valence-corrected chi connectivity index (χ1v) is 10.6. The largest absolute Gasteiger partial charge is 0.493 e. The van der Waals surface area contributed by atoms with E-state index in [-0.39, 0.29) is 6.54 Å². The number of furan rings is 1. The van der Waals surface area contributed by atoms with Crippen LogP contribution in [0.2, 0.25) is 0 Å². The fourth-order valence-corrected chi connectivity index (χ4v) is 3.10. The van der Waals surface area contributed by atoms with Crippen LogP contribution in [-0.2, 0) is 18.8 Å². The van der Waals surface area contributed by atoms with Crippen molar-refractivity contribution in [1.29, 1.82) is 0 Å². The van der Waals surface area contributed by atoms with E-state index in [0.717, 1.165) is 11.1 Å². The Hall–Kier alpha value is -3.45. The summed E-state index contributed by atoms with van der Waals surface area (Å²) < 4.78 is 16.8. The molecule has 7 nitrogen and oxygen atoms in total. The van der Waals surface area contributed by atoms with E-state index in [2.05, 4.69) is 15.6 Å². The Morgan fingerprint density at radius 1 is 1.03 bits per heavy atom. The molecule has 0 aliphatic carbocycles. The lowest BCUT2D eigenvalue weighted by Gasteiger charge is -2.22. The van der Waals surface area contributed by atoms with Gasteiger partial charge in [-0.25, -0.2) is 4.99 Å². The molecule has 170 valence electrons. The number of aliphatic hydroxyl groups is 1. The molecule has 0 saturated heterocycles. The van der Waals surface area contributed by atoms with Gasteiger partial charge < -0.3 is 29.6 Å².